The molecule has 0 saturated heterocycles. The first-order valence-corrected chi connectivity index (χ1v) is 10.6. The largest absolute Gasteiger partial charge is 0.497 e. The Balaban J connectivity index is 1.47. The van der Waals surface area contributed by atoms with Crippen molar-refractivity contribution in [3.8, 4) is 5.75 Å². The van der Waals surface area contributed by atoms with Crippen LogP contribution in [0.3, 0.4) is 0 Å². The number of aliphatic carboxylic acids is 1. The average molecular weight is 371 g/mol. The Hall–Kier alpha value is -1.77. The van der Waals surface area contributed by atoms with Crippen molar-refractivity contribution >= 4 is 5.97 Å². The van der Waals surface area contributed by atoms with Crippen LogP contribution in [0.2, 0.25) is 0 Å². The van der Waals surface area contributed by atoms with Crippen LogP contribution in [-0.2, 0) is 4.79 Å². The Bertz CT molecular complexity index is 605. The Kier molecular flexibility index (Phi) is 6.98. The zero-order valence-electron chi connectivity index (χ0n) is 16.6. The van der Waals surface area contributed by atoms with Crippen molar-refractivity contribution in [2.24, 2.45) is 23.7 Å². The topological polar surface area (TPSA) is 46.5 Å². The lowest BCUT2D eigenvalue weighted by molar-refractivity contribution is -0.144. The molecule has 2 aliphatic rings. The van der Waals surface area contributed by atoms with E-state index in [1.807, 2.05) is 0 Å². The molecule has 2 fully saturated rings. The number of rotatable bonds is 7. The Morgan fingerprint density at radius 1 is 1.07 bits per heavy atom. The molecule has 0 heterocycles. The molecule has 0 aromatic heterocycles. The fourth-order valence-electron chi connectivity index (χ4n) is 5.49. The van der Waals surface area contributed by atoms with Gasteiger partial charge in [0.1, 0.15) is 5.75 Å². The molecule has 2 aliphatic carbocycles. The number of hydrogen-bond acceptors (Lipinski definition) is 2. The maximum atomic E-state index is 11.5. The van der Waals surface area contributed by atoms with E-state index in [2.05, 4.69) is 30.8 Å². The quantitative estimate of drug-likeness (QED) is 0.594. The zero-order chi connectivity index (χ0) is 19.2. The van der Waals surface area contributed by atoms with Crippen LogP contribution in [-0.4, -0.2) is 18.2 Å². The summed E-state index contributed by atoms with van der Waals surface area (Å²) in [5.41, 5.74) is 1.45. The van der Waals surface area contributed by atoms with E-state index >= 15 is 0 Å². The molecule has 0 amide bonds. The van der Waals surface area contributed by atoms with Crippen molar-refractivity contribution < 1.29 is 14.6 Å². The second-order valence-electron chi connectivity index (χ2n) is 8.53. The van der Waals surface area contributed by atoms with E-state index < -0.39 is 5.97 Å². The fourth-order valence-corrected chi connectivity index (χ4v) is 5.49. The van der Waals surface area contributed by atoms with Gasteiger partial charge >= 0.3 is 5.97 Å². The van der Waals surface area contributed by atoms with Crippen molar-refractivity contribution in [1.29, 1.82) is 0 Å². The Labute approximate surface area is 163 Å². The summed E-state index contributed by atoms with van der Waals surface area (Å²) in [6, 6.07) is 8.59. The van der Waals surface area contributed by atoms with Crippen molar-refractivity contribution in [3.63, 3.8) is 0 Å². The van der Waals surface area contributed by atoms with Crippen LogP contribution >= 0.6 is 0 Å². The Morgan fingerprint density at radius 2 is 1.63 bits per heavy atom. The van der Waals surface area contributed by atoms with Gasteiger partial charge < -0.3 is 9.84 Å². The first-order chi connectivity index (χ1) is 13.1. The summed E-state index contributed by atoms with van der Waals surface area (Å²) in [5.74, 6) is 2.73. The number of carbonyl (C=O) groups is 1. The van der Waals surface area contributed by atoms with E-state index in [0.29, 0.717) is 18.3 Å². The first-order valence-electron chi connectivity index (χ1n) is 10.6. The minimum absolute atomic E-state index is 0.228. The van der Waals surface area contributed by atoms with Crippen LogP contribution in [0.1, 0.15) is 69.3 Å². The molecule has 3 rings (SSSR count). The fraction of sp³-hybridized carbons (Fsp3) is 0.625. The van der Waals surface area contributed by atoms with Gasteiger partial charge in [-0.1, -0.05) is 18.2 Å². The smallest absolute Gasteiger partial charge is 0.307 e. The highest BCUT2D eigenvalue weighted by molar-refractivity contribution is 5.70. The molecule has 27 heavy (non-hydrogen) atoms. The predicted octanol–water partition coefficient (Wildman–Crippen LogP) is 6.05. The van der Waals surface area contributed by atoms with Crippen LogP contribution in [0.4, 0.5) is 0 Å². The Morgan fingerprint density at radius 3 is 2.11 bits per heavy atom. The summed E-state index contributed by atoms with van der Waals surface area (Å²) in [6.07, 6.45) is 12.2. The summed E-state index contributed by atoms with van der Waals surface area (Å²) in [7, 11) is 1.71. The maximum absolute atomic E-state index is 11.5. The number of allylic oxidation sites excluding steroid dienone is 1. The van der Waals surface area contributed by atoms with E-state index in [4.69, 9.17) is 4.74 Å². The summed E-state index contributed by atoms with van der Waals surface area (Å²) in [5, 5.41) is 9.49. The summed E-state index contributed by atoms with van der Waals surface area (Å²) >= 11 is 0. The molecule has 0 radical (unpaired) electrons. The molecule has 148 valence electrons. The molecule has 1 aromatic rings. The van der Waals surface area contributed by atoms with E-state index in [1.54, 1.807) is 13.2 Å². The van der Waals surface area contributed by atoms with Crippen LogP contribution in [0.5, 0.6) is 5.75 Å². The number of carboxylic acids is 1. The van der Waals surface area contributed by atoms with Gasteiger partial charge in [0.05, 0.1) is 13.0 Å². The van der Waals surface area contributed by atoms with Crippen LogP contribution in [0.15, 0.2) is 36.9 Å². The molecule has 0 aliphatic heterocycles. The minimum Gasteiger partial charge on any atom is -0.497 e. The first kappa shape index (κ1) is 20.0. The van der Waals surface area contributed by atoms with Gasteiger partial charge in [-0.05, 0) is 99.2 Å². The number of hydrogen-bond donors (Lipinski definition) is 1. The molecular formula is C24H34O3. The molecule has 3 nitrogen and oxygen atoms in total. The van der Waals surface area contributed by atoms with Gasteiger partial charge in [-0.25, -0.2) is 0 Å². The zero-order valence-corrected chi connectivity index (χ0v) is 16.6. The normalized spacial score (nSPS) is 29.7. The summed E-state index contributed by atoms with van der Waals surface area (Å²) in [6.45, 7) is 3.74. The highest BCUT2D eigenvalue weighted by Crippen LogP contribution is 2.45. The molecule has 0 bridgehead atoms. The molecule has 1 N–H and O–H groups in total. The molecule has 1 aromatic carbocycles. The van der Waals surface area contributed by atoms with Crippen molar-refractivity contribution in [3.05, 3.63) is 42.5 Å². The lowest BCUT2D eigenvalue weighted by Crippen LogP contribution is -2.30. The minimum atomic E-state index is -0.640. The maximum Gasteiger partial charge on any atom is 0.307 e. The highest BCUT2D eigenvalue weighted by atomic mass is 16.5. The number of carboxylic acid groups (broad SMARTS) is 1. The standard InChI is InChI=1S/C24H34O3/c1-3-4-23(24(25)26)21-11-9-19(10-12-21)17-5-7-18(8-6-17)20-13-15-22(27-2)16-14-20/h3,13-19,21,23H,1,4-12H2,2H3,(H,25,26)/t17-,18-,19?,21?,23?. The molecule has 3 heteroatoms. The van der Waals surface area contributed by atoms with E-state index in [1.165, 1.54) is 44.1 Å². The predicted molar refractivity (Wildman–Crippen MR) is 109 cm³/mol. The van der Waals surface area contributed by atoms with Crippen molar-refractivity contribution in [2.75, 3.05) is 7.11 Å². The third-order valence-electron chi connectivity index (χ3n) is 7.15. The highest BCUT2D eigenvalue weighted by Gasteiger charge is 2.35. The van der Waals surface area contributed by atoms with Gasteiger partial charge in [0.15, 0.2) is 0 Å². The molecular weight excluding hydrogens is 336 g/mol. The summed E-state index contributed by atoms with van der Waals surface area (Å²) < 4.78 is 5.27. The lowest BCUT2D eigenvalue weighted by atomic mass is 9.66. The monoisotopic (exact) mass is 370 g/mol. The molecule has 1 unspecified atom stereocenters. The number of benzene rings is 1. The third-order valence-corrected chi connectivity index (χ3v) is 7.15. The summed E-state index contributed by atoms with van der Waals surface area (Å²) in [4.78, 5) is 11.5. The van der Waals surface area contributed by atoms with E-state index in [-0.39, 0.29) is 5.92 Å². The molecule has 2 saturated carbocycles. The van der Waals surface area contributed by atoms with Gasteiger partial charge in [-0.15, -0.1) is 6.58 Å². The SMILES string of the molecule is C=CCC(C(=O)O)C1CCC([C@H]2CC[C@H](c3ccc(OC)cc3)CC2)CC1. The molecule has 1 atom stereocenters. The second kappa shape index (κ2) is 9.43. The van der Waals surface area contributed by atoms with E-state index in [9.17, 15) is 9.90 Å². The van der Waals surface area contributed by atoms with Gasteiger partial charge in [-0.3, -0.25) is 4.79 Å². The van der Waals surface area contributed by atoms with Gasteiger partial charge in [-0.2, -0.15) is 0 Å². The van der Waals surface area contributed by atoms with Crippen LogP contribution in [0, 0.1) is 23.7 Å². The van der Waals surface area contributed by atoms with E-state index in [0.717, 1.165) is 30.4 Å². The van der Waals surface area contributed by atoms with Gasteiger partial charge in [0.2, 0.25) is 0 Å². The molecule has 0 spiro atoms. The van der Waals surface area contributed by atoms with Crippen LogP contribution < -0.4 is 4.74 Å². The number of methoxy groups -OCH3 is 1. The van der Waals surface area contributed by atoms with Crippen molar-refractivity contribution in [2.45, 2.75) is 63.7 Å². The average Bonchev–Trinajstić information content (AvgIpc) is 2.72. The van der Waals surface area contributed by atoms with Crippen molar-refractivity contribution in [1.82, 2.24) is 0 Å². The van der Waals surface area contributed by atoms with Gasteiger partial charge in [0.25, 0.3) is 0 Å². The lowest BCUT2D eigenvalue weighted by Gasteiger charge is -2.39. The second-order valence-corrected chi connectivity index (χ2v) is 8.53. The third kappa shape index (κ3) is 4.94. The van der Waals surface area contributed by atoms with Gasteiger partial charge in [0, 0.05) is 0 Å². The number of ether oxygens (including phenoxy) is 1. The van der Waals surface area contributed by atoms with Crippen LogP contribution in [0.25, 0.3) is 0 Å².